The summed E-state index contributed by atoms with van der Waals surface area (Å²) >= 11 is 0. The molecule has 0 fully saturated rings. The second-order valence-electron chi connectivity index (χ2n) is 4.36. The van der Waals surface area contributed by atoms with Crippen molar-refractivity contribution >= 4 is 6.29 Å². The second kappa shape index (κ2) is 4.41. The second-order valence-corrected chi connectivity index (χ2v) is 4.36. The van der Waals surface area contributed by atoms with Crippen molar-refractivity contribution in [2.75, 3.05) is 0 Å². The van der Waals surface area contributed by atoms with Crippen molar-refractivity contribution in [3.05, 3.63) is 34.9 Å². The van der Waals surface area contributed by atoms with Gasteiger partial charge in [0.2, 0.25) is 0 Å². The Bertz CT molecular complexity index is 298. The molecule has 0 unspecified atom stereocenters. The maximum atomic E-state index is 10.8. The van der Waals surface area contributed by atoms with Gasteiger partial charge in [0, 0.05) is 5.56 Å². The van der Waals surface area contributed by atoms with Crippen LogP contribution < -0.4 is 0 Å². The molecule has 1 rings (SSSR count). The highest BCUT2D eigenvalue weighted by atomic mass is 16.1. The standard InChI is InChI=1S/C13H18O/c1-9(2)12-5-11(8-14)6-13(7-12)10(3)4/h5-10H,1-4H3. The summed E-state index contributed by atoms with van der Waals surface area (Å²) in [6.07, 6.45) is 0.928. The van der Waals surface area contributed by atoms with Crippen LogP contribution in [0, 0.1) is 0 Å². The molecule has 76 valence electrons. The molecule has 0 saturated carbocycles. The van der Waals surface area contributed by atoms with E-state index in [-0.39, 0.29) is 0 Å². The van der Waals surface area contributed by atoms with Crippen LogP contribution in [0.2, 0.25) is 0 Å². The highest BCUT2D eigenvalue weighted by Gasteiger charge is 2.06. The fraction of sp³-hybridized carbons (Fsp3) is 0.462. The first-order valence-corrected chi connectivity index (χ1v) is 5.14. The minimum atomic E-state index is 0.479. The third kappa shape index (κ3) is 2.44. The Labute approximate surface area is 86.1 Å². The lowest BCUT2D eigenvalue weighted by Crippen LogP contribution is -1.96. The average molecular weight is 190 g/mol. The molecule has 1 aromatic rings. The predicted octanol–water partition coefficient (Wildman–Crippen LogP) is 3.75. The van der Waals surface area contributed by atoms with Crippen molar-refractivity contribution in [1.82, 2.24) is 0 Å². The lowest BCUT2D eigenvalue weighted by atomic mass is 9.93. The Balaban J connectivity index is 3.20. The van der Waals surface area contributed by atoms with E-state index in [4.69, 9.17) is 0 Å². The van der Waals surface area contributed by atoms with Crippen LogP contribution in [-0.4, -0.2) is 6.29 Å². The molecule has 0 aliphatic carbocycles. The van der Waals surface area contributed by atoms with E-state index in [1.807, 2.05) is 12.1 Å². The molecule has 0 radical (unpaired) electrons. The summed E-state index contributed by atoms with van der Waals surface area (Å²) in [7, 11) is 0. The third-order valence-electron chi connectivity index (χ3n) is 2.47. The first-order valence-electron chi connectivity index (χ1n) is 5.14. The number of rotatable bonds is 3. The van der Waals surface area contributed by atoms with E-state index in [2.05, 4.69) is 33.8 Å². The van der Waals surface area contributed by atoms with E-state index >= 15 is 0 Å². The summed E-state index contributed by atoms with van der Waals surface area (Å²) in [6.45, 7) is 8.59. The largest absolute Gasteiger partial charge is 0.298 e. The van der Waals surface area contributed by atoms with Crippen LogP contribution in [0.5, 0.6) is 0 Å². The molecule has 0 saturated heterocycles. The van der Waals surface area contributed by atoms with E-state index in [0.717, 1.165) is 11.8 Å². The summed E-state index contributed by atoms with van der Waals surface area (Å²) in [5.74, 6) is 0.958. The van der Waals surface area contributed by atoms with Crippen molar-refractivity contribution in [2.24, 2.45) is 0 Å². The molecule has 0 spiro atoms. The number of benzene rings is 1. The first-order chi connectivity index (χ1) is 6.54. The molecule has 0 aromatic heterocycles. The Morgan fingerprint density at radius 3 is 1.64 bits per heavy atom. The quantitative estimate of drug-likeness (QED) is 0.663. The smallest absolute Gasteiger partial charge is 0.150 e. The Hall–Kier alpha value is -1.11. The maximum absolute atomic E-state index is 10.8. The Morgan fingerprint density at radius 2 is 1.36 bits per heavy atom. The van der Waals surface area contributed by atoms with Gasteiger partial charge in [0.05, 0.1) is 0 Å². The highest BCUT2D eigenvalue weighted by Crippen LogP contribution is 2.22. The molecule has 1 nitrogen and oxygen atoms in total. The molecule has 0 atom stereocenters. The van der Waals surface area contributed by atoms with Gasteiger partial charge in [-0.1, -0.05) is 33.8 Å². The lowest BCUT2D eigenvalue weighted by molar-refractivity contribution is 0.112. The van der Waals surface area contributed by atoms with Gasteiger partial charge < -0.3 is 0 Å². The van der Waals surface area contributed by atoms with Crippen LogP contribution in [0.25, 0.3) is 0 Å². The van der Waals surface area contributed by atoms with E-state index < -0.39 is 0 Å². The Kier molecular flexibility index (Phi) is 3.45. The van der Waals surface area contributed by atoms with Gasteiger partial charge in [-0.25, -0.2) is 0 Å². The predicted molar refractivity (Wildman–Crippen MR) is 60.0 cm³/mol. The maximum Gasteiger partial charge on any atom is 0.150 e. The normalized spacial score (nSPS) is 11.0. The highest BCUT2D eigenvalue weighted by molar-refractivity contribution is 5.75. The molecule has 1 aromatic carbocycles. The van der Waals surface area contributed by atoms with Crippen LogP contribution >= 0.6 is 0 Å². The Morgan fingerprint density at radius 1 is 0.929 bits per heavy atom. The van der Waals surface area contributed by atoms with Crippen LogP contribution in [0.1, 0.15) is 61.0 Å². The fourth-order valence-corrected chi connectivity index (χ4v) is 1.44. The summed E-state index contributed by atoms with van der Waals surface area (Å²) in [4.78, 5) is 10.8. The summed E-state index contributed by atoms with van der Waals surface area (Å²) < 4.78 is 0. The molecule has 0 heterocycles. The average Bonchev–Trinajstić information content (AvgIpc) is 2.16. The monoisotopic (exact) mass is 190 g/mol. The van der Waals surface area contributed by atoms with Crippen molar-refractivity contribution in [3.63, 3.8) is 0 Å². The van der Waals surface area contributed by atoms with Crippen molar-refractivity contribution in [3.8, 4) is 0 Å². The molecule has 0 bridgehead atoms. The van der Waals surface area contributed by atoms with Gasteiger partial charge >= 0.3 is 0 Å². The SMILES string of the molecule is CC(C)c1cc(C=O)cc(C(C)C)c1. The van der Waals surface area contributed by atoms with Crippen LogP contribution in [-0.2, 0) is 0 Å². The molecule has 14 heavy (non-hydrogen) atoms. The van der Waals surface area contributed by atoms with Crippen LogP contribution in [0.4, 0.5) is 0 Å². The molecule has 0 aliphatic heterocycles. The summed E-state index contributed by atoms with van der Waals surface area (Å²) in [5.41, 5.74) is 3.29. The number of hydrogen-bond acceptors (Lipinski definition) is 1. The zero-order chi connectivity index (χ0) is 10.7. The van der Waals surface area contributed by atoms with Gasteiger partial charge in [-0.15, -0.1) is 0 Å². The summed E-state index contributed by atoms with van der Waals surface area (Å²) in [6, 6.07) is 6.15. The molecule has 0 aliphatic rings. The first kappa shape index (κ1) is 11.0. The number of hydrogen-bond donors (Lipinski definition) is 0. The van der Waals surface area contributed by atoms with Gasteiger partial charge in [-0.3, -0.25) is 4.79 Å². The molecule has 1 heteroatoms. The fourth-order valence-electron chi connectivity index (χ4n) is 1.44. The number of aldehydes is 1. The van der Waals surface area contributed by atoms with E-state index in [1.54, 1.807) is 0 Å². The van der Waals surface area contributed by atoms with Crippen molar-refractivity contribution in [1.29, 1.82) is 0 Å². The molecular formula is C13H18O. The number of carbonyl (C=O) groups excluding carboxylic acids is 1. The minimum Gasteiger partial charge on any atom is -0.298 e. The van der Waals surface area contributed by atoms with Gasteiger partial charge in [-0.05, 0) is 35.1 Å². The lowest BCUT2D eigenvalue weighted by Gasteiger charge is -2.11. The van der Waals surface area contributed by atoms with Crippen molar-refractivity contribution in [2.45, 2.75) is 39.5 Å². The topological polar surface area (TPSA) is 17.1 Å². The zero-order valence-electron chi connectivity index (χ0n) is 9.37. The zero-order valence-corrected chi connectivity index (χ0v) is 9.37. The minimum absolute atomic E-state index is 0.479. The van der Waals surface area contributed by atoms with E-state index in [1.165, 1.54) is 11.1 Å². The van der Waals surface area contributed by atoms with Gasteiger partial charge in [0.1, 0.15) is 6.29 Å². The molecular weight excluding hydrogens is 172 g/mol. The van der Waals surface area contributed by atoms with Crippen LogP contribution in [0.3, 0.4) is 0 Å². The van der Waals surface area contributed by atoms with Gasteiger partial charge in [0.25, 0.3) is 0 Å². The third-order valence-corrected chi connectivity index (χ3v) is 2.47. The molecule has 0 amide bonds. The van der Waals surface area contributed by atoms with E-state index in [0.29, 0.717) is 11.8 Å². The van der Waals surface area contributed by atoms with Crippen LogP contribution in [0.15, 0.2) is 18.2 Å². The molecule has 0 N–H and O–H groups in total. The van der Waals surface area contributed by atoms with Gasteiger partial charge in [-0.2, -0.15) is 0 Å². The summed E-state index contributed by atoms with van der Waals surface area (Å²) in [5, 5.41) is 0. The number of carbonyl (C=O) groups is 1. The van der Waals surface area contributed by atoms with Crippen molar-refractivity contribution < 1.29 is 4.79 Å². The van der Waals surface area contributed by atoms with E-state index in [9.17, 15) is 4.79 Å². The van der Waals surface area contributed by atoms with Gasteiger partial charge in [0.15, 0.2) is 0 Å².